The molecular formula is C23H20N2O2S. The highest BCUT2D eigenvalue weighted by Crippen LogP contribution is 2.56. The summed E-state index contributed by atoms with van der Waals surface area (Å²) in [4.78, 5) is 32.2. The maximum absolute atomic E-state index is 13.0. The molecule has 140 valence electrons. The maximum atomic E-state index is 13.0. The second-order valence-corrected chi connectivity index (χ2v) is 9.46. The van der Waals surface area contributed by atoms with Gasteiger partial charge in [0.2, 0.25) is 11.8 Å². The molecule has 3 fully saturated rings. The van der Waals surface area contributed by atoms with Crippen LogP contribution in [0.4, 0.5) is 5.69 Å². The Morgan fingerprint density at radius 3 is 2.32 bits per heavy atom. The molecule has 3 aromatic rings. The van der Waals surface area contributed by atoms with E-state index in [9.17, 15) is 9.59 Å². The molecule has 3 aliphatic rings. The van der Waals surface area contributed by atoms with Crippen molar-refractivity contribution in [3.63, 3.8) is 0 Å². The van der Waals surface area contributed by atoms with Crippen LogP contribution in [0.5, 0.6) is 0 Å². The van der Waals surface area contributed by atoms with Crippen LogP contribution >= 0.6 is 11.3 Å². The van der Waals surface area contributed by atoms with Gasteiger partial charge in [0.25, 0.3) is 0 Å². The van der Waals surface area contributed by atoms with E-state index in [0.717, 1.165) is 40.1 Å². The molecule has 2 heterocycles. The Kier molecular flexibility index (Phi) is 3.37. The van der Waals surface area contributed by atoms with Gasteiger partial charge in [-0.3, -0.25) is 14.5 Å². The smallest absolute Gasteiger partial charge is 0.237 e. The molecule has 6 rings (SSSR count). The first-order valence-electron chi connectivity index (χ1n) is 9.95. The van der Waals surface area contributed by atoms with E-state index in [1.54, 1.807) is 11.3 Å². The number of hydrogen-bond acceptors (Lipinski definition) is 4. The van der Waals surface area contributed by atoms with Gasteiger partial charge in [-0.2, -0.15) is 0 Å². The molecule has 4 nitrogen and oxygen atoms in total. The summed E-state index contributed by atoms with van der Waals surface area (Å²) in [6.07, 6.45) is 3.28. The van der Waals surface area contributed by atoms with E-state index in [1.807, 2.05) is 24.3 Å². The van der Waals surface area contributed by atoms with Crippen molar-refractivity contribution in [2.24, 2.45) is 23.7 Å². The highest BCUT2D eigenvalue weighted by atomic mass is 32.1. The van der Waals surface area contributed by atoms with Gasteiger partial charge in [-0.25, -0.2) is 4.98 Å². The van der Waals surface area contributed by atoms with Gasteiger partial charge in [-0.15, -0.1) is 11.3 Å². The fourth-order valence-electron chi connectivity index (χ4n) is 5.58. The van der Waals surface area contributed by atoms with Crippen LogP contribution < -0.4 is 4.90 Å². The van der Waals surface area contributed by atoms with Crippen LogP contribution in [0.15, 0.2) is 42.5 Å². The minimum Gasteiger partial charge on any atom is -0.274 e. The normalized spacial score (nSPS) is 28.5. The topological polar surface area (TPSA) is 50.3 Å². The van der Waals surface area contributed by atoms with Crippen molar-refractivity contribution in [2.45, 2.75) is 26.2 Å². The molecule has 2 aliphatic carbocycles. The Morgan fingerprint density at radius 2 is 1.64 bits per heavy atom. The first-order valence-corrected chi connectivity index (χ1v) is 10.8. The number of amides is 2. The second kappa shape index (κ2) is 5.74. The van der Waals surface area contributed by atoms with Crippen molar-refractivity contribution < 1.29 is 9.59 Å². The number of anilines is 1. The van der Waals surface area contributed by atoms with Gasteiger partial charge < -0.3 is 0 Å². The fourth-order valence-corrected chi connectivity index (χ4v) is 6.53. The number of fused-ring (bicyclic) bond motifs is 6. The van der Waals surface area contributed by atoms with E-state index >= 15 is 0 Å². The predicted molar refractivity (Wildman–Crippen MR) is 110 cm³/mol. The largest absolute Gasteiger partial charge is 0.274 e. The molecule has 4 unspecified atom stereocenters. The third-order valence-electron chi connectivity index (χ3n) is 6.84. The van der Waals surface area contributed by atoms with Crippen LogP contribution in [0.25, 0.3) is 20.8 Å². The molecule has 2 saturated carbocycles. The zero-order valence-corrected chi connectivity index (χ0v) is 16.4. The molecule has 2 amide bonds. The zero-order chi connectivity index (χ0) is 19.0. The summed E-state index contributed by atoms with van der Waals surface area (Å²) >= 11 is 1.66. The van der Waals surface area contributed by atoms with E-state index in [0.29, 0.717) is 17.5 Å². The lowest BCUT2D eigenvalue weighted by Gasteiger charge is -2.19. The highest BCUT2D eigenvalue weighted by Gasteiger charge is 2.61. The standard InChI is InChI=1S/C23H20N2O2S/c1-12-2-9-18-17(10-12)24-21(28-18)13-5-7-16(8-6-13)25-22(26)19-14-3-4-15(11-14)20(19)23(25)27/h2,5-10,14-15,19-20H,3-4,11H2,1H3. The van der Waals surface area contributed by atoms with Crippen LogP contribution in [0.1, 0.15) is 24.8 Å². The van der Waals surface area contributed by atoms with Crippen LogP contribution in [0, 0.1) is 30.6 Å². The zero-order valence-electron chi connectivity index (χ0n) is 15.6. The third-order valence-corrected chi connectivity index (χ3v) is 7.93. The molecule has 0 spiro atoms. The number of nitrogens with zero attached hydrogens (tertiary/aromatic N) is 2. The van der Waals surface area contributed by atoms with Gasteiger partial charge in [-0.1, -0.05) is 6.07 Å². The molecule has 0 N–H and O–H groups in total. The summed E-state index contributed by atoms with van der Waals surface area (Å²) in [5.41, 5.74) is 3.93. The molecular weight excluding hydrogens is 368 g/mol. The Hall–Kier alpha value is -2.53. The lowest BCUT2D eigenvalue weighted by atomic mass is 9.81. The van der Waals surface area contributed by atoms with E-state index in [2.05, 4.69) is 25.1 Å². The summed E-state index contributed by atoms with van der Waals surface area (Å²) in [6.45, 7) is 2.07. The van der Waals surface area contributed by atoms with Crippen LogP contribution in [-0.4, -0.2) is 16.8 Å². The molecule has 0 radical (unpaired) electrons. The minimum atomic E-state index is -0.0709. The van der Waals surface area contributed by atoms with Crippen LogP contribution in [-0.2, 0) is 9.59 Å². The first-order chi connectivity index (χ1) is 13.6. The lowest BCUT2D eigenvalue weighted by molar-refractivity contribution is -0.123. The van der Waals surface area contributed by atoms with Crippen molar-refractivity contribution in [3.05, 3.63) is 48.0 Å². The highest BCUT2D eigenvalue weighted by molar-refractivity contribution is 7.21. The van der Waals surface area contributed by atoms with Gasteiger partial charge in [0.1, 0.15) is 5.01 Å². The van der Waals surface area contributed by atoms with Crippen molar-refractivity contribution in [3.8, 4) is 10.6 Å². The van der Waals surface area contributed by atoms with Gasteiger partial charge in [-0.05, 0) is 80.0 Å². The monoisotopic (exact) mass is 388 g/mol. The molecule has 5 heteroatoms. The van der Waals surface area contributed by atoms with E-state index < -0.39 is 0 Å². The second-order valence-electron chi connectivity index (χ2n) is 8.43. The molecule has 28 heavy (non-hydrogen) atoms. The molecule has 1 aromatic heterocycles. The van der Waals surface area contributed by atoms with E-state index in [-0.39, 0.29) is 23.7 Å². The Balaban J connectivity index is 1.32. The number of benzene rings is 2. The molecule has 1 aliphatic heterocycles. The van der Waals surface area contributed by atoms with Crippen molar-refractivity contribution in [1.82, 2.24) is 4.98 Å². The summed E-state index contributed by atoms with van der Waals surface area (Å²) in [7, 11) is 0. The summed E-state index contributed by atoms with van der Waals surface area (Å²) in [5, 5.41) is 0.959. The average molecular weight is 388 g/mol. The summed E-state index contributed by atoms with van der Waals surface area (Å²) < 4.78 is 1.16. The van der Waals surface area contributed by atoms with Crippen LogP contribution in [0.2, 0.25) is 0 Å². The lowest BCUT2D eigenvalue weighted by Crippen LogP contribution is -2.32. The average Bonchev–Trinajstić information content (AvgIpc) is 3.45. The fraction of sp³-hybridized carbons (Fsp3) is 0.348. The minimum absolute atomic E-state index is 0.0189. The van der Waals surface area contributed by atoms with E-state index in [1.165, 1.54) is 10.5 Å². The summed E-state index contributed by atoms with van der Waals surface area (Å²) in [6, 6.07) is 14.0. The number of hydrogen-bond donors (Lipinski definition) is 0. The maximum Gasteiger partial charge on any atom is 0.237 e. The number of imide groups is 1. The van der Waals surface area contributed by atoms with Crippen molar-refractivity contribution in [1.29, 1.82) is 0 Å². The van der Waals surface area contributed by atoms with Gasteiger partial charge in [0.05, 0.1) is 27.7 Å². The Morgan fingerprint density at radius 1 is 0.964 bits per heavy atom. The molecule has 2 bridgehead atoms. The quantitative estimate of drug-likeness (QED) is 0.592. The third kappa shape index (κ3) is 2.20. The van der Waals surface area contributed by atoms with Gasteiger partial charge >= 0.3 is 0 Å². The number of rotatable bonds is 2. The first kappa shape index (κ1) is 16.4. The van der Waals surface area contributed by atoms with Crippen LogP contribution in [0.3, 0.4) is 0 Å². The van der Waals surface area contributed by atoms with Crippen molar-refractivity contribution in [2.75, 3.05) is 4.90 Å². The Bertz CT molecular complexity index is 1110. The van der Waals surface area contributed by atoms with E-state index in [4.69, 9.17) is 4.98 Å². The number of carbonyl (C=O) groups excluding carboxylic acids is 2. The Labute approximate surface area is 167 Å². The molecule has 4 atom stereocenters. The number of carbonyl (C=O) groups is 2. The molecule has 1 saturated heterocycles. The predicted octanol–water partition coefficient (Wildman–Crippen LogP) is 4.81. The van der Waals surface area contributed by atoms with Crippen molar-refractivity contribution >= 4 is 39.1 Å². The number of aryl methyl sites for hydroxylation is 1. The molecule has 2 aromatic carbocycles. The summed E-state index contributed by atoms with van der Waals surface area (Å²) in [5.74, 6) is 0.733. The number of aromatic nitrogens is 1. The SMILES string of the molecule is Cc1ccc2sc(-c3ccc(N4C(=O)C5C6CCC(C6)C5C4=O)cc3)nc2c1. The number of thiazole rings is 1. The van der Waals surface area contributed by atoms with Gasteiger partial charge in [0, 0.05) is 5.56 Å². The van der Waals surface area contributed by atoms with Gasteiger partial charge in [0.15, 0.2) is 0 Å².